The molecule has 3 rings (SSSR count). The molecule has 0 spiro atoms. The molecule has 1 aromatic carbocycles. The SMILES string of the molecule is CC(C)C1Oc2ccc(N)nc2N(Cc2c(F)cccc2Cl)C1=O. The fraction of sp³-hybridized carbons (Fsp3) is 0.294. The fourth-order valence-electron chi connectivity index (χ4n) is 2.60. The Labute approximate surface area is 144 Å². The van der Waals surface area contributed by atoms with Crippen LogP contribution in [0.15, 0.2) is 30.3 Å². The smallest absolute Gasteiger partial charge is 0.269 e. The van der Waals surface area contributed by atoms with Crippen LogP contribution in [0.1, 0.15) is 19.4 Å². The Hall–Kier alpha value is -2.34. The van der Waals surface area contributed by atoms with Gasteiger partial charge in [-0.3, -0.25) is 9.69 Å². The molecule has 1 aliphatic rings. The van der Waals surface area contributed by atoms with Crippen molar-refractivity contribution in [2.24, 2.45) is 5.92 Å². The van der Waals surface area contributed by atoms with Gasteiger partial charge in [-0.05, 0) is 30.2 Å². The first-order valence-corrected chi connectivity index (χ1v) is 7.93. The molecule has 0 saturated carbocycles. The highest BCUT2D eigenvalue weighted by Gasteiger charge is 2.38. The van der Waals surface area contributed by atoms with E-state index in [1.165, 1.54) is 17.0 Å². The molecule has 0 saturated heterocycles. The number of carbonyl (C=O) groups excluding carboxylic acids is 1. The first-order valence-electron chi connectivity index (χ1n) is 7.56. The van der Waals surface area contributed by atoms with Gasteiger partial charge in [0.1, 0.15) is 11.6 Å². The summed E-state index contributed by atoms with van der Waals surface area (Å²) in [5, 5.41) is 0.251. The van der Waals surface area contributed by atoms with Gasteiger partial charge in [0.2, 0.25) is 0 Å². The third kappa shape index (κ3) is 2.89. The van der Waals surface area contributed by atoms with Crippen LogP contribution in [0.3, 0.4) is 0 Å². The third-order valence-corrected chi connectivity index (χ3v) is 4.22. The van der Waals surface area contributed by atoms with Crippen molar-refractivity contribution in [2.45, 2.75) is 26.5 Å². The topological polar surface area (TPSA) is 68.5 Å². The minimum Gasteiger partial charge on any atom is -0.476 e. The molecular formula is C17H17ClFN3O2. The van der Waals surface area contributed by atoms with Gasteiger partial charge in [-0.1, -0.05) is 31.5 Å². The molecule has 1 aromatic heterocycles. The number of hydrogen-bond acceptors (Lipinski definition) is 4. The number of rotatable bonds is 3. The minimum atomic E-state index is -0.673. The summed E-state index contributed by atoms with van der Waals surface area (Å²) in [6, 6.07) is 7.66. The van der Waals surface area contributed by atoms with E-state index in [0.717, 1.165) is 0 Å². The number of fused-ring (bicyclic) bond motifs is 1. The van der Waals surface area contributed by atoms with Gasteiger partial charge in [-0.25, -0.2) is 9.37 Å². The van der Waals surface area contributed by atoms with Crippen molar-refractivity contribution in [1.29, 1.82) is 0 Å². The lowest BCUT2D eigenvalue weighted by atomic mass is 10.0. The quantitative estimate of drug-likeness (QED) is 0.922. The Kier molecular flexibility index (Phi) is 4.32. The highest BCUT2D eigenvalue weighted by molar-refractivity contribution is 6.31. The molecule has 1 unspecified atom stereocenters. The number of benzene rings is 1. The Morgan fingerprint density at radius 1 is 1.38 bits per heavy atom. The lowest BCUT2D eigenvalue weighted by Crippen LogP contribution is -2.48. The van der Waals surface area contributed by atoms with Crippen molar-refractivity contribution in [3.05, 3.63) is 46.7 Å². The first kappa shape index (κ1) is 16.5. The number of nitrogen functional groups attached to an aromatic ring is 1. The Bertz CT molecular complexity index is 777. The number of nitrogens with two attached hydrogens (primary N) is 1. The number of anilines is 2. The van der Waals surface area contributed by atoms with Crippen LogP contribution >= 0.6 is 11.6 Å². The lowest BCUT2D eigenvalue weighted by Gasteiger charge is -2.35. The van der Waals surface area contributed by atoms with E-state index < -0.39 is 11.9 Å². The maximum atomic E-state index is 14.1. The van der Waals surface area contributed by atoms with E-state index in [0.29, 0.717) is 5.75 Å². The molecule has 2 aromatic rings. The van der Waals surface area contributed by atoms with Gasteiger partial charge in [-0.15, -0.1) is 0 Å². The largest absolute Gasteiger partial charge is 0.476 e. The van der Waals surface area contributed by atoms with Gasteiger partial charge in [0, 0.05) is 10.6 Å². The van der Waals surface area contributed by atoms with Crippen molar-refractivity contribution in [1.82, 2.24) is 4.98 Å². The van der Waals surface area contributed by atoms with Gasteiger partial charge < -0.3 is 10.5 Å². The number of carbonyl (C=O) groups is 1. The number of halogens is 2. The number of hydrogen-bond donors (Lipinski definition) is 1. The van der Waals surface area contributed by atoms with E-state index in [4.69, 9.17) is 22.1 Å². The zero-order chi connectivity index (χ0) is 17.4. The van der Waals surface area contributed by atoms with Gasteiger partial charge in [0.05, 0.1) is 6.54 Å². The molecule has 0 fully saturated rings. The molecule has 2 heterocycles. The molecule has 1 atom stereocenters. The van der Waals surface area contributed by atoms with Gasteiger partial charge in [0.15, 0.2) is 17.7 Å². The lowest BCUT2D eigenvalue weighted by molar-refractivity contribution is -0.128. The van der Waals surface area contributed by atoms with E-state index in [1.54, 1.807) is 18.2 Å². The van der Waals surface area contributed by atoms with Crippen LogP contribution in [0.2, 0.25) is 5.02 Å². The molecule has 0 radical (unpaired) electrons. The summed E-state index contributed by atoms with van der Waals surface area (Å²) in [5.41, 5.74) is 5.96. The van der Waals surface area contributed by atoms with Crippen LogP contribution in [-0.2, 0) is 11.3 Å². The molecule has 1 aliphatic heterocycles. The minimum absolute atomic E-state index is 0.0413. The second-order valence-electron chi connectivity index (χ2n) is 5.96. The van der Waals surface area contributed by atoms with Crippen LogP contribution < -0.4 is 15.4 Å². The average molecular weight is 350 g/mol. The molecule has 5 nitrogen and oxygen atoms in total. The predicted octanol–water partition coefficient (Wildman–Crippen LogP) is 3.41. The van der Waals surface area contributed by atoms with E-state index in [2.05, 4.69) is 4.98 Å². The highest BCUT2D eigenvalue weighted by atomic mass is 35.5. The van der Waals surface area contributed by atoms with Crippen molar-refractivity contribution in [2.75, 3.05) is 10.6 Å². The van der Waals surface area contributed by atoms with Gasteiger partial charge in [0.25, 0.3) is 5.91 Å². The molecular weight excluding hydrogens is 333 g/mol. The Morgan fingerprint density at radius 3 is 2.79 bits per heavy atom. The predicted molar refractivity (Wildman–Crippen MR) is 90.5 cm³/mol. The maximum absolute atomic E-state index is 14.1. The van der Waals surface area contributed by atoms with Gasteiger partial charge in [-0.2, -0.15) is 0 Å². The van der Waals surface area contributed by atoms with Crippen LogP contribution in [0.4, 0.5) is 16.0 Å². The maximum Gasteiger partial charge on any atom is 0.269 e. The number of nitrogens with zero attached hydrogens (tertiary/aromatic N) is 2. The van der Waals surface area contributed by atoms with E-state index in [-0.39, 0.29) is 40.6 Å². The third-order valence-electron chi connectivity index (χ3n) is 3.86. The standard InChI is InChI=1S/C17H17ClFN3O2/c1-9(2)15-17(23)22(8-10-11(18)4-3-5-12(10)19)16-13(24-15)6-7-14(20)21-16/h3-7,9,15H,8H2,1-2H3,(H2,20,21). The summed E-state index contributed by atoms with van der Waals surface area (Å²) in [6.07, 6.45) is -0.673. The molecule has 0 bridgehead atoms. The molecule has 24 heavy (non-hydrogen) atoms. The van der Waals surface area contributed by atoms with E-state index >= 15 is 0 Å². The number of pyridine rings is 1. The summed E-state index contributed by atoms with van der Waals surface area (Å²) < 4.78 is 19.9. The fourth-order valence-corrected chi connectivity index (χ4v) is 2.82. The Morgan fingerprint density at radius 2 is 2.12 bits per heavy atom. The number of amides is 1. The van der Waals surface area contributed by atoms with E-state index in [1.807, 2.05) is 13.8 Å². The van der Waals surface area contributed by atoms with Crippen molar-refractivity contribution in [3.8, 4) is 5.75 Å². The molecule has 126 valence electrons. The second-order valence-corrected chi connectivity index (χ2v) is 6.37. The number of ether oxygens (including phenoxy) is 1. The van der Waals surface area contributed by atoms with Crippen LogP contribution in [-0.4, -0.2) is 17.0 Å². The Balaban J connectivity index is 2.07. The van der Waals surface area contributed by atoms with Crippen molar-refractivity contribution < 1.29 is 13.9 Å². The van der Waals surface area contributed by atoms with Crippen LogP contribution in [0.25, 0.3) is 0 Å². The summed E-state index contributed by atoms with van der Waals surface area (Å²) in [6.45, 7) is 3.72. The number of aromatic nitrogens is 1. The highest BCUT2D eigenvalue weighted by Crippen LogP contribution is 2.36. The average Bonchev–Trinajstić information content (AvgIpc) is 2.52. The van der Waals surface area contributed by atoms with Gasteiger partial charge >= 0.3 is 0 Å². The molecule has 2 N–H and O–H groups in total. The monoisotopic (exact) mass is 349 g/mol. The van der Waals surface area contributed by atoms with E-state index in [9.17, 15) is 9.18 Å². The summed E-state index contributed by atoms with van der Waals surface area (Å²) in [7, 11) is 0. The summed E-state index contributed by atoms with van der Waals surface area (Å²) in [5.74, 6) is 0.133. The molecule has 1 amide bonds. The molecule has 0 aliphatic carbocycles. The first-order chi connectivity index (χ1) is 11.4. The van der Waals surface area contributed by atoms with Crippen LogP contribution in [0, 0.1) is 11.7 Å². The zero-order valence-electron chi connectivity index (χ0n) is 13.3. The van der Waals surface area contributed by atoms with Crippen molar-refractivity contribution >= 4 is 29.1 Å². The second kappa shape index (κ2) is 6.28. The van der Waals surface area contributed by atoms with Crippen molar-refractivity contribution in [3.63, 3.8) is 0 Å². The normalized spacial score (nSPS) is 17.0. The van der Waals surface area contributed by atoms with Crippen LogP contribution in [0.5, 0.6) is 5.75 Å². The summed E-state index contributed by atoms with van der Waals surface area (Å²) >= 11 is 6.10. The zero-order valence-corrected chi connectivity index (χ0v) is 14.0. The molecule has 7 heteroatoms. The summed E-state index contributed by atoms with van der Waals surface area (Å²) in [4.78, 5) is 18.4.